The Morgan fingerprint density at radius 3 is 2.49 bits per heavy atom. The Balaban J connectivity index is 1.15. The van der Waals surface area contributed by atoms with Crippen molar-refractivity contribution in [3.63, 3.8) is 0 Å². The maximum Gasteiger partial charge on any atom is 0.227 e. The van der Waals surface area contributed by atoms with E-state index in [0.29, 0.717) is 67.4 Å². The number of aliphatic hydroxyl groups is 4. The molecular formula is C30H43ClFN5O6. The molecule has 4 rings (SSSR count). The van der Waals surface area contributed by atoms with Crippen LogP contribution in [-0.2, 0) is 11.2 Å². The molecule has 0 radical (unpaired) electrons. The molecule has 11 nitrogen and oxygen atoms in total. The lowest BCUT2D eigenvalue weighted by Gasteiger charge is -2.31. The molecule has 0 aliphatic carbocycles. The zero-order valence-electron chi connectivity index (χ0n) is 24.4. The third-order valence-electron chi connectivity index (χ3n) is 8.26. The molecule has 2 aliphatic heterocycles. The number of β-amino-alcohol motifs (C(OH)–C–C–N with tert-alkyl or cyclic N) is 1. The summed E-state index contributed by atoms with van der Waals surface area (Å²) in [5.74, 6) is 1.10. The molecular weight excluding hydrogens is 581 g/mol. The van der Waals surface area contributed by atoms with E-state index in [1.165, 1.54) is 6.07 Å². The largest absolute Gasteiger partial charge is 0.493 e. The minimum absolute atomic E-state index is 0.0596. The molecule has 0 bridgehead atoms. The van der Waals surface area contributed by atoms with Crippen LogP contribution in [0.5, 0.6) is 5.75 Å². The normalized spacial score (nSPS) is 19.1. The molecule has 1 amide bonds. The number of halogens is 2. The first-order chi connectivity index (χ1) is 20.7. The predicted molar refractivity (Wildman–Crippen MR) is 160 cm³/mol. The Labute approximate surface area is 256 Å². The van der Waals surface area contributed by atoms with E-state index in [1.54, 1.807) is 29.4 Å². The van der Waals surface area contributed by atoms with E-state index in [9.17, 15) is 24.5 Å². The van der Waals surface area contributed by atoms with E-state index in [-0.39, 0.29) is 18.9 Å². The number of ether oxygens (including phenoxy) is 1. The quantitative estimate of drug-likeness (QED) is 0.242. The van der Waals surface area contributed by atoms with E-state index < -0.39 is 30.7 Å². The van der Waals surface area contributed by atoms with Gasteiger partial charge in [0.1, 0.15) is 23.8 Å². The number of hydrogen-bond donors (Lipinski definition) is 4. The van der Waals surface area contributed by atoms with Crippen molar-refractivity contribution in [2.45, 2.75) is 56.8 Å². The van der Waals surface area contributed by atoms with Crippen molar-refractivity contribution >= 4 is 23.5 Å². The monoisotopic (exact) mass is 623 g/mol. The molecule has 1 aromatic carbocycles. The van der Waals surface area contributed by atoms with Crippen LogP contribution in [0.2, 0.25) is 5.02 Å². The van der Waals surface area contributed by atoms with E-state index >= 15 is 0 Å². The van der Waals surface area contributed by atoms with Gasteiger partial charge in [-0.3, -0.25) is 9.69 Å². The van der Waals surface area contributed by atoms with Crippen LogP contribution in [0.1, 0.15) is 37.7 Å². The molecule has 3 atom stereocenters. The summed E-state index contributed by atoms with van der Waals surface area (Å²) in [7, 11) is 0. The lowest BCUT2D eigenvalue weighted by molar-refractivity contribution is -0.130. The number of aliphatic hydroxyl groups excluding tert-OH is 4. The number of carbonyl (C=O) groups is 1. The van der Waals surface area contributed by atoms with Crippen LogP contribution in [0.15, 0.2) is 30.6 Å². The highest BCUT2D eigenvalue weighted by atomic mass is 35.5. The Hall–Kier alpha value is -2.61. The number of rotatable bonds is 13. The minimum Gasteiger partial charge on any atom is -0.493 e. The smallest absolute Gasteiger partial charge is 0.227 e. The van der Waals surface area contributed by atoms with E-state index in [0.717, 1.165) is 38.8 Å². The third kappa shape index (κ3) is 9.95. The second kappa shape index (κ2) is 16.5. The van der Waals surface area contributed by atoms with Gasteiger partial charge in [-0.25, -0.2) is 14.4 Å². The van der Waals surface area contributed by atoms with Gasteiger partial charge in [-0.15, -0.1) is 0 Å². The molecule has 0 spiro atoms. The lowest BCUT2D eigenvalue weighted by atomic mass is 9.92. The zero-order valence-corrected chi connectivity index (χ0v) is 25.2. The molecule has 0 unspecified atom stereocenters. The van der Waals surface area contributed by atoms with Gasteiger partial charge in [0.25, 0.3) is 0 Å². The van der Waals surface area contributed by atoms with Gasteiger partial charge < -0.3 is 35.0 Å². The molecule has 2 saturated heterocycles. The Morgan fingerprint density at radius 1 is 1.05 bits per heavy atom. The van der Waals surface area contributed by atoms with E-state index in [1.807, 2.05) is 4.90 Å². The van der Waals surface area contributed by atoms with Crippen molar-refractivity contribution < 1.29 is 34.3 Å². The number of piperidine rings is 1. The number of hydrogen-bond acceptors (Lipinski definition) is 10. The number of nitrogens with zero attached hydrogens (tertiary/aromatic N) is 5. The summed E-state index contributed by atoms with van der Waals surface area (Å²) >= 11 is 5.88. The summed E-state index contributed by atoms with van der Waals surface area (Å²) in [5, 5.41) is 39.1. The number of benzene rings is 1. The van der Waals surface area contributed by atoms with Crippen LogP contribution in [0.4, 0.5) is 10.3 Å². The van der Waals surface area contributed by atoms with Gasteiger partial charge in [0, 0.05) is 45.3 Å². The van der Waals surface area contributed by atoms with Gasteiger partial charge in [-0.1, -0.05) is 17.7 Å². The van der Waals surface area contributed by atoms with Crippen molar-refractivity contribution in [2.75, 3.05) is 63.9 Å². The SMILES string of the molecule is O=C(Cc1ccc(OCCCC2CCN(c3ncc(Cl)cn3)CC2)cc1F)N1CCCN(C[C@H](O)[C@H](O)[C@H](O)CO)CC1. The first-order valence-corrected chi connectivity index (χ1v) is 15.4. The second-order valence-electron chi connectivity index (χ2n) is 11.4. The van der Waals surface area contributed by atoms with Crippen molar-refractivity contribution in [3.05, 3.63) is 47.0 Å². The molecule has 0 saturated carbocycles. The van der Waals surface area contributed by atoms with Crippen molar-refractivity contribution in [3.8, 4) is 5.75 Å². The Morgan fingerprint density at radius 2 is 1.79 bits per heavy atom. The van der Waals surface area contributed by atoms with Gasteiger partial charge in [-0.05, 0) is 56.2 Å². The molecule has 13 heteroatoms. The van der Waals surface area contributed by atoms with Crippen LogP contribution in [0.3, 0.4) is 0 Å². The summed E-state index contributed by atoms with van der Waals surface area (Å²) in [4.78, 5) is 27.3. The van der Waals surface area contributed by atoms with E-state index in [2.05, 4.69) is 14.9 Å². The maximum absolute atomic E-state index is 14.9. The Bertz CT molecular complexity index is 1160. The predicted octanol–water partition coefficient (Wildman–Crippen LogP) is 1.50. The van der Waals surface area contributed by atoms with Gasteiger partial charge in [0.2, 0.25) is 11.9 Å². The summed E-state index contributed by atoms with van der Waals surface area (Å²) in [5.41, 5.74) is 0.311. The fraction of sp³-hybridized carbons (Fsp3) is 0.633. The standard InChI is InChI=1S/C30H43ClFN5O6/c31-23-17-33-30(34-18-23)37-10-6-21(7-11-37)3-1-14-43-24-5-4-22(25(32)16-24)15-28(41)36-9-2-8-35(12-13-36)19-26(39)29(42)27(40)20-38/h4-5,16-18,21,26-27,29,38-40,42H,1-3,6-15,19-20H2/t26-,27+,29-/m0/s1. The van der Waals surface area contributed by atoms with Crippen molar-refractivity contribution in [1.29, 1.82) is 0 Å². The van der Waals surface area contributed by atoms with Gasteiger partial charge >= 0.3 is 0 Å². The molecule has 4 N–H and O–H groups in total. The van der Waals surface area contributed by atoms with Gasteiger partial charge in [0.05, 0.1) is 43.2 Å². The zero-order chi connectivity index (χ0) is 30.8. The number of carbonyl (C=O) groups excluding carboxylic acids is 1. The fourth-order valence-corrected chi connectivity index (χ4v) is 5.73. The first-order valence-electron chi connectivity index (χ1n) is 15.0. The second-order valence-corrected chi connectivity index (χ2v) is 11.8. The van der Waals surface area contributed by atoms with Crippen LogP contribution in [0.25, 0.3) is 0 Å². The van der Waals surface area contributed by atoms with Gasteiger partial charge in [-0.2, -0.15) is 0 Å². The summed E-state index contributed by atoms with van der Waals surface area (Å²) in [6.07, 6.45) is 3.73. The van der Waals surface area contributed by atoms with Crippen LogP contribution in [0, 0.1) is 11.7 Å². The lowest BCUT2D eigenvalue weighted by Crippen LogP contribution is -2.46. The highest BCUT2D eigenvalue weighted by molar-refractivity contribution is 6.30. The number of aromatic nitrogens is 2. The van der Waals surface area contributed by atoms with Crippen LogP contribution >= 0.6 is 11.6 Å². The summed E-state index contributed by atoms with van der Waals surface area (Å²) in [6.45, 7) is 3.73. The molecule has 2 aromatic rings. The van der Waals surface area contributed by atoms with Crippen LogP contribution < -0.4 is 9.64 Å². The van der Waals surface area contributed by atoms with Crippen molar-refractivity contribution in [1.82, 2.24) is 19.8 Å². The first kappa shape index (κ1) is 33.3. The number of anilines is 1. The van der Waals surface area contributed by atoms with Crippen LogP contribution in [-0.4, -0.2) is 123 Å². The molecule has 43 heavy (non-hydrogen) atoms. The molecule has 238 valence electrons. The average Bonchev–Trinajstić information content (AvgIpc) is 3.26. The fourth-order valence-electron chi connectivity index (χ4n) is 5.63. The average molecular weight is 624 g/mol. The van der Waals surface area contributed by atoms with Crippen molar-refractivity contribution in [2.24, 2.45) is 5.92 Å². The topological polar surface area (TPSA) is 143 Å². The Kier molecular flexibility index (Phi) is 12.7. The summed E-state index contributed by atoms with van der Waals surface area (Å²) < 4.78 is 20.7. The molecule has 1 aromatic heterocycles. The van der Waals surface area contributed by atoms with E-state index in [4.69, 9.17) is 21.4 Å². The molecule has 2 aliphatic rings. The highest BCUT2D eigenvalue weighted by Crippen LogP contribution is 2.25. The third-order valence-corrected chi connectivity index (χ3v) is 8.45. The molecule has 3 heterocycles. The van der Waals surface area contributed by atoms with Gasteiger partial charge in [0.15, 0.2) is 0 Å². The summed E-state index contributed by atoms with van der Waals surface area (Å²) in [6, 6.07) is 4.64. The molecule has 2 fully saturated rings. The number of amides is 1. The highest BCUT2D eigenvalue weighted by Gasteiger charge is 2.28. The maximum atomic E-state index is 14.9. The minimum atomic E-state index is -1.46.